The van der Waals surface area contributed by atoms with Crippen LogP contribution >= 0.6 is 0 Å². The van der Waals surface area contributed by atoms with Gasteiger partial charge in [0.25, 0.3) is 0 Å². The molecule has 3 atom stereocenters. The van der Waals surface area contributed by atoms with Crippen LogP contribution in [0.3, 0.4) is 0 Å². The fourth-order valence-electron chi connectivity index (χ4n) is 2.86. The van der Waals surface area contributed by atoms with Gasteiger partial charge in [-0.25, -0.2) is 4.79 Å². The number of carbonyl (C=O) groups excluding carboxylic acids is 2. The highest BCUT2D eigenvalue weighted by Gasteiger charge is 2.27. The maximum Gasteiger partial charge on any atom is 0.326 e. The number of rotatable bonds is 17. The Morgan fingerprint density at radius 3 is 1.47 bits per heavy atom. The van der Waals surface area contributed by atoms with Gasteiger partial charge in [-0.05, 0) is 38.5 Å². The molecular weight excluding hydrogens is 446 g/mol. The zero-order valence-corrected chi connectivity index (χ0v) is 19.6. The number of aliphatic carboxylic acids is 1. The van der Waals surface area contributed by atoms with E-state index in [2.05, 4.69) is 25.6 Å². The van der Waals surface area contributed by atoms with Crippen molar-refractivity contribution in [3.05, 3.63) is 0 Å². The van der Waals surface area contributed by atoms with Crippen LogP contribution in [0.2, 0.25) is 0 Å². The van der Waals surface area contributed by atoms with Gasteiger partial charge in [0, 0.05) is 25.6 Å². The quantitative estimate of drug-likeness (QED) is 0.0565. The summed E-state index contributed by atoms with van der Waals surface area (Å²) in [5.74, 6) is -2.83. The number of carboxylic acid groups (broad SMARTS) is 1. The average molecular weight is 486 g/mol. The van der Waals surface area contributed by atoms with Gasteiger partial charge in [-0.15, -0.1) is 0 Å². The van der Waals surface area contributed by atoms with Crippen molar-refractivity contribution in [2.24, 2.45) is 55.3 Å². The van der Waals surface area contributed by atoms with E-state index in [0.717, 1.165) is 0 Å². The van der Waals surface area contributed by atoms with E-state index in [0.29, 0.717) is 32.2 Å². The summed E-state index contributed by atoms with van der Waals surface area (Å²) in [4.78, 5) is 48.5. The van der Waals surface area contributed by atoms with Gasteiger partial charge >= 0.3 is 5.97 Å². The molecule has 0 aromatic carbocycles. The number of amides is 2. The van der Waals surface area contributed by atoms with Gasteiger partial charge in [-0.2, -0.15) is 0 Å². The third-order valence-electron chi connectivity index (χ3n) is 4.68. The Hall–Kier alpha value is -3.78. The zero-order chi connectivity index (χ0) is 26.1. The minimum atomic E-state index is -1.21. The smallest absolute Gasteiger partial charge is 0.326 e. The van der Waals surface area contributed by atoms with E-state index in [1.54, 1.807) is 6.92 Å². The number of aliphatic imine (C=N–C) groups is 3. The minimum Gasteiger partial charge on any atom is -0.480 e. The highest BCUT2D eigenvalue weighted by atomic mass is 16.4. The summed E-state index contributed by atoms with van der Waals surface area (Å²) < 4.78 is 0. The molecule has 0 unspecified atom stereocenters. The van der Waals surface area contributed by atoms with Crippen LogP contribution in [0.15, 0.2) is 15.0 Å². The fourth-order valence-corrected chi connectivity index (χ4v) is 2.86. The van der Waals surface area contributed by atoms with E-state index in [9.17, 15) is 19.5 Å². The first-order valence-electron chi connectivity index (χ1n) is 10.9. The molecule has 0 saturated heterocycles. The van der Waals surface area contributed by atoms with Gasteiger partial charge in [0.2, 0.25) is 11.8 Å². The van der Waals surface area contributed by atoms with Crippen LogP contribution in [-0.4, -0.2) is 72.5 Å². The number of nitrogens with one attached hydrogen (secondary N) is 2. The Balaban J connectivity index is 5.10. The molecule has 0 aliphatic rings. The minimum absolute atomic E-state index is 0.0269. The SMILES string of the molecule is C[C@@H](CCCN=C(N)N)C(=O)N[C@@H](CCCN=C(N)N)C(=O)N[C@@H](CCCN=C(N)N)C(=O)O. The lowest BCUT2D eigenvalue weighted by atomic mass is 10.0. The standard InChI is InChI=1S/C19H39N11O4/c1-11(5-2-8-26-17(20)21)14(31)29-12(6-3-9-27-18(22)23)15(32)30-13(16(33)34)7-4-10-28-19(24)25/h11-13H,2-10H2,1H3,(H,29,31)(H,30,32)(H,33,34)(H4,20,21,26)(H4,22,23,27)(H4,24,25,28)/t11-,12-,13-/m0/s1. The second-order valence-corrected chi connectivity index (χ2v) is 7.71. The Morgan fingerprint density at radius 2 is 1.06 bits per heavy atom. The van der Waals surface area contributed by atoms with Crippen molar-refractivity contribution in [1.29, 1.82) is 0 Å². The van der Waals surface area contributed by atoms with E-state index < -0.39 is 29.9 Å². The van der Waals surface area contributed by atoms with Crippen LogP contribution in [-0.2, 0) is 14.4 Å². The maximum absolute atomic E-state index is 12.8. The predicted molar refractivity (Wildman–Crippen MR) is 130 cm³/mol. The summed E-state index contributed by atoms with van der Waals surface area (Å²) in [6.07, 6.45) is 2.10. The molecule has 194 valence electrons. The first-order valence-corrected chi connectivity index (χ1v) is 10.9. The van der Waals surface area contributed by atoms with Crippen LogP contribution in [0, 0.1) is 5.92 Å². The molecule has 0 spiro atoms. The molecule has 2 amide bonds. The first-order chi connectivity index (χ1) is 15.9. The summed E-state index contributed by atoms with van der Waals surface area (Å²) in [6, 6.07) is -2.14. The van der Waals surface area contributed by atoms with E-state index >= 15 is 0 Å². The van der Waals surface area contributed by atoms with Gasteiger partial charge in [0.05, 0.1) is 0 Å². The maximum atomic E-state index is 12.8. The van der Waals surface area contributed by atoms with Gasteiger partial charge in [-0.3, -0.25) is 24.6 Å². The van der Waals surface area contributed by atoms with Crippen molar-refractivity contribution in [3.8, 4) is 0 Å². The number of carboxylic acids is 1. The van der Waals surface area contributed by atoms with Crippen molar-refractivity contribution in [1.82, 2.24) is 10.6 Å². The molecule has 0 aromatic rings. The Kier molecular flexibility index (Phi) is 14.9. The molecule has 0 heterocycles. The molecule has 0 aliphatic heterocycles. The third kappa shape index (κ3) is 15.1. The van der Waals surface area contributed by atoms with Crippen LogP contribution in [0.25, 0.3) is 0 Å². The molecule has 0 saturated carbocycles. The van der Waals surface area contributed by atoms with Crippen molar-refractivity contribution in [3.63, 3.8) is 0 Å². The lowest BCUT2D eigenvalue weighted by Gasteiger charge is -2.23. The van der Waals surface area contributed by atoms with E-state index in [-0.39, 0.29) is 49.7 Å². The molecule has 0 aliphatic carbocycles. The van der Waals surface area contributed by atoms with Gasteiger partial charge < -0.3 is 50.1 Å². The van der Waals surface area contributed by atoms with Gasteiger partial charge in [0.1, 0.15) is 12.1 Å². The molecular formula is C19H39N11O4. The molecule has 0 bridgehead atoms. The largest absolute Gasteiger partial charge is 0.480 e. The molecule has 0 aromatic heterocycles. The van der Waals surface area contributed by atoms with Gasteiger partial charge in [0.15, 0.2) is 17.9 Å². The monoisotopic (exact) mass is 485 g/mol. The van der Waals surface area contributed by atoms with Crippen LogP contribution in [0.4, 0.5) is 0 Å². The molecule has 0 fully saturated rings. The van der Waals surface area contributed by atoms with Crippen LogP contribution in [0.1, 0.15) is 45.4 Å². The Labute approximate surface area is 198 Å². The average Bonchev–Trinajstić information content (AvgIpc) is 2.74. The number of hydrogen-bond donors (Lipinski definition) is 9. The van der Waals surface area contributed by atoms with Crippen LogP contribution < -0.4 is 45.0 Å². The summed E-state index contributed by atoms with van der Waals surface area (Å²) in [6.45, 7) is 2.56. The Bertz CT molecular complexity index is 743. The van der Waals surface area contributed by atoms with Crippen LogP contribution in [0.5, 0.6) is 0 Å². The molecule has 15 nitrogen and oxygen atoms in total. The predicted octanol–water partition coefficient (Wildman–Crippen LogP) is -3.16. The van der Waals surface area contributed by atoms with Crippen molar-refractivity contribution < 1.29 is 19.5 Å². The van der Waals surface area contributed by atoms with E-state index in [1.807, 2.05) is 0 Å². The highest BCUT2D eigenvalue weighted by molar-refractivity contribution is 5.90. The Morgan fingerprint density at radius 1 is 0.676 bits per heavy atom. The second-order valence-electron chi connectivity index (χ2n) is 7.71. The van der Waals surface area contributed by atoms with Crippen molar-refractivity contribution in [2.45, 2.75) is 57.5 Å². The molecule has 0 radical (unpaired) electrons. The topological polar surface area (TPSA) is 289 Å². The molecule has 0 rings (SSSR count). The highest BCUT2D eigenvalue weighted by Crippen LogP contribution is 2.09. The number of hydrogen-bond acceptors (Lipinski definition) is 6. The molecule has 15 heteroatoms. The second kappa shape index (κ2) is 16.8. The summed E-state index contributed by atoms with van der Waals surface area (Å²) in [5.41, 5.74) is 31.7. The number of carbonyl (C=O) groups is 3. The summed E-state index contributed by atoms with van der Waals surface area (Å²) >= 11 is 0. The summed E-state index contributed by atoms with van der Waals surface area (Å²) in [5, 5.41) is 14.6. The number of guanidine groups is 3. The third-order valence-corrected chi connectivity index (χ3v) is 4.68. The molecule has 15 N–H and O–H groups in total. The number of nitrogens with zero attached hydrogens (tertiary/aromatic N) is 3. The van der Waals surface area contributed by atoms with E-state index in [4.69, 9.17) is 34.4 Å². The normalized spacial score (nSPS) is 13.0. The van der Waals surface area contributed by atoms with Crippen molar-refractivity contribution in [2.75, 3.05) is 19.6 Å². The number of nitrogens with two attached hydrogens (primary N) is 6. The van der Waals surface area contributed by atoms with Gasteiger partial charge in [-0.1, -0.05) is 6.92 Å². The summed E-state index contributed by atoms with van der Waals surface area (Å²) in [7, 11) is 0. The van der Waals surface area contributed by atoms with E-state index in [1.165, 1.54) is 0 Å². The molecule has 34 heavy (non-hydrogen) atoms. The zero-order valence-electron chi connectivity index (χ0n) is 19.6. The lowest BCUT2D eigenvalue weighted by molar-refractivity contribution is -0.142. The first kappa shape index (κ1) is 30.2. The van der Waals surface area contributed by atoms with Crippen molar-refractivity contribution >= 4 is 35.7 Å². The fraction of sp³-hybridized carbons (Fsp3) is 0.684. The lowest BCUT2D eigenvalue weighted by Crippen LogP contribution is -2.52.